The van der Waals surface area contributed by atoms with Crippen molar-refractivity contribution in [2.75, 3.05) is 6.61 Å². The molecule has 1 N–H and O–H groups in total. The van der Waals surface area contributed by atoms with Crippen molar-refractivity contribution in [2.24, 2.45) is 0 Å². The molecule has 0 amide bonds. The van der Waals surface area contributed by atoms with Gasteiger partial charge in [-0.2, -0.15) is 4.39 Å². The number of hydrogen-bond donors (Lipinski definition) is 1. The Hall–Kier alpha value is -2.93. The van der Waals surface area contributed by atoms with Gasteiger partial charge in [0.15, 0.2) is 23.2 Å². The van der Waals surface area contributed by atoms with Gasteiger partial charge in [-0.25, -0.2) is 17.6 Å². The second-order valence-corrected chi connectivity index (χ2v) is 9.01. The predicted molar refractivity (Wildman–Crippen MR) is 124 cm³/mol. The number of aliphatic hydroxyl groups is 1. The standard InChI is InChI=1S/C28H27F5O2/c1-3-35-24-13-12-22(27(32)28(24)33)21-9-8-18(14-23(21)29)16-4-6-17(7-5-16)20-11-10-19(15(2)34)25(30)26(20)31/h8-17,34H,3-7H2,1-2H3. The summed E-state index contributed by atoms with van der Waals surface area (Å²) in [5.74, 6) is -5.30. The van der Waals surface area contributed by atoms with Crippen LogP contribution in [0.3, 0.4) is 0 Å². The topological polar surface area (TPSA) is 29.5 Å². The molecule has 3 aromatic carbocycles. The minimum atomic E-state index is -1.17. The normalized spacial score (nSPS) is 19.0. The molecule has 0 aromatic heterocycles. The molecule has 1 saturated carbocycles. The SMILES string of the molecule is CCOc1ccc(-c2ccc(C3CCC(c4ccc(C(C)O)c(F)c4F)CC3)cc2F)c(F)c1F. The fourth-order valence-electron chi connectivity index (χ4n) is 4.97. The Balaban J connectivity index is 1.50. The van der Waals surface area contributed by atoms with Crippen LogP contribution in [0.25, 0.3) is 11.1 Å². The van der Waals surface area contributed by atoms with Gasteiger partial charge < -0.3 is 9.84 Å². The minimum Gasteiger partial charge on any atom is -0.491 e. The van der Waals surface area contributed by atoms with Gasteiger partial charge >= 0.3 is 0 Å². The molecule has 0 spiro atoms. The van der Waals surface area contributed by atoms with Gasteiger partial charge in [0.05, 0.1) is 12.7 Å². The fraction of sp³-hybridized carbons (Fsp3) is 0.357. The summed E-state index contributed by atoms with van der Waals surface area (Å²) in [5.41, 5.74) is 0.723. The molecule has 1 fully saturated rings. The molecular formula is C28H27F5O2. The number of rotatable bonds is 6. The van der Waals surface area contributed by atoms with Crippen LogP contribution in [0, 0.1) is 29.1 Å². The van der Waals surface area contributed by atoms with Crippen LogP contribution in [-0.2, 0) is 0 Å². The van der Waals surface area contributed by atoms with Crippen LogP contribution < -0.4 is 4.74 Å². The van der Waals surface area contributed by atoms with Crippen molar-refractivity contribution in [3.05, 3.63) is 88.2 Å². The highest BCUT2D eigenvalue weighted by molar-refractivity contribution is 5.66. The zero-order valence-electron chi connectivity index (χ0n) is 19.6. The second kappa shape index (κ2) is 10.4. The Morgan fingerprint density at radius 1 is 0.800 bits per heavy atom. The van der Waals surface area contributed by atoms with Gasteiger partial charge in [0.1, 0.15) is 5.82 Å². The molecule has 1 aliphatic rings. The molecule has 0 heterocycles. The van der Waals surface area contributed by atoms with E-state index in [1.807, 2.05) is 0 Å². The van der Waals surface area contributed by atoms with E-state index in [0.29, 0.717) is 31.2 Å². The predicted octanol–water partition coefficient (Wildman–Crippen LogP) is 7.94. The average molecular weight is 491 g/mol. The smallest absolute Gasteiger partial charge is 0.201 e. The molecule has 2 nitrogen and oxygen atoms in total. The molecule has 3 aromatic rings. The molecule has 186 valence electrons. The summed E-state index contributed by atoms with van der Waals surface area (Å²) in [4.78, 5) is 0. The van der Waals surface area contributed by atoms with Crippen LogP contribution in [0.1, 0.15) is 74.2 Å². The van der Waals surface area contributed by atoms with Crippen molar-refractivity contribution in [3.63, 3.8) is 0 Å². The molecule has 1 atom stereocenters. The maximum Gasteiger partial charge on any atom is 0.201 e. The van der Waals surface area contributed by atoms with Gasteiger partial charge in [-0.05, 0) is 80.7 Å². The summed E-state index contributed by atoms with van der Waals surface area (Å²) in [6.45, 7) is 3.21. The van der Waals surface area contributed by atoms with E-state index in [2.05, 4.69) is 0 Å². The van der Waals surface area contributed by atoms with E-state index in [1.165, 1.54) is 43.3 Å². The molecule has 1 aliphatic carbocycles. The number of benzene rings is 3. The van der Waals surface area contributed by atoms with E-state index in [9.17, 15) is 27.1 Å². The first-order valence-corrected chi connectivity index (χ1v) is 11.8. The highest BCUT2D eigenvalue weighted by Gasteiger charge is 2.28. The number of halogens is 5. The summed E-state index contributed by atoms with van der Waals surface area (Å²) < 4.78 is 77.7. The summed E-state index contributed by atoms with van der Waals surface area (Å²) >= 11 is 0. The third-order valence-corrected chi connectivity index (χ3v) is 6.86. The third-order valence-electron chi connectivity index (χ3n) is 6.86. The lowest BCUT2D eigenvalue weighted by Gasteiger charge is -2.30. The number of aliphatic hydroxyl groups excluding tert-OH is 1. The van der Waals surface area contributed by atoms with Crippen LogP contribution in [0.4, 0.5) is 22.0 Å². The van der Waals surface area contributed by atoms with Crippen LogP contribution in [0.2, 0.25) is 0 Å². The van der Waals surface area contributed by atoms with Gasteiger partial charge in [0.25, 0.3) is 0 Å². The first-order valence-electron chi connectivity index (χ1n) is 11.8. The lowest BCUT2D eigenvalue weighted by atomic mass is 9.75. The Morgan fingerprint density at radius 3 is 2.09 bits per heavy atom. The highest BCUT2D eigenvalue weighted by atomic mass is 19.2. The highest BCUT2D eigenvalue weighted by Crippen LogP contribution is 2.43. The summed E-state index contributed by atoms with van der Waals surface area (Å²) in [6.07, 6.45) is 1.39. The van der Waals surface area contributed by atoms with E-state index in [1.54, 1.807) is 13.0 Å². The fourth-order valence-corrected chi connectivity index (χ4v) is 4.97. The van der Waals surface area contributed by atoms with Gasteiger partial charge in [-0.1, -0.05) is 24.3 Å². The quantitative estimate of drug-likeness (QED) is 0.356. The Labute approximate surface area is 201 Å². The molecule has 0 bridgehead atoms. The summed E-state index contributed by atoms with van der Waals surface area (Å²) in [6, 6.07) is 10.0. The molecule has 1 unspecified atom stereocenters. The number of ether oxygens (including phenoxy) is 1. The number of hydrogen-bond acceptors (Lipinski definition) is 2. The molecule has 4 rings (SSSR count). The van der Waals surface area contributed by atoms with Gasteiger partial charge in [0.2, 0.25) is 5.82 Å². The minimum absolute atomic E-state index is 0.0151. The largest absolute Gasteiger partial charge is 0.491 e. The van der Waals surface area contributed by atoms with Crippen LogP contribution >= 0.6 is 0 Å². The Bertz CT molecular complexity index is 1220. The molecule has 0 radical (unpaired) electrons. The molecule has 0 saturated heterocycles. The van der Waals surface area contributed by atoms with Crippen molar-refractivity contribution in [2.45, 2.75) is 57.5 Å². The molecule has 7 heteroatoms. The van der Waals surface area contributed by atoms with Crippen molar-refractivity contribution < 1.29 is 31.8 Å². The van der Waals surface area contributed by atoms with E-state index < -0.39 is 35.2 Å². The first-order chi connectivity index (χ1) is 16.7. The van der Waals surface area contributed by atoms with Gasteiger partial charge in [-0.15, -0.1) is 0 Å². The lowest BCUT2D eigenvalue weighted by Crippen LogP contribution is -2.15. The lowest BCUT2D eigenvalue weighted by molar-refractivity contribution is 0.192. The van der Waals surface area contributed by atoms with Crippen molar-refractivity contribution in [1.29, 1.82) is 0 Å². The first kappa shape index (κ1) is 25.2. The summed E-state index contributed by atoms with van der Waals surface area (Å²) in [5, 5.41) is 9.59. The van der Waals surface area contributed by atoms with Crippen molar-refractivity contribution in [1.82, 2.24) is 0 Å². The monoisotopic (exact) mass is 490 g/mol. The zero-order valence-corrected chi connectivity index (χ0v) is 19.6. The van der Waals surface area contributed by atoms with Crippen LogP contribution in [-0.4, -0.2) is 11.7 Å². The van der Waals surface area contributed by atoms with E-state index in [-0.39, 0.29) is 40.9 Å². The molecule has 0 aliphatic heterocycles. The third kappa shape index (κ3) is 4.92. The van der Waals surface area contributed by atoms with Crippen molar-refractivity contribution >= 4 is 0 Å². The molecule has 35 heavy (non-hydrogen) atoms. The Morgan fingerprint density at radius 2 is 1.46 bits per heavy atom. The van der Waals surface area contributed by atoms with Crippen molar-refractivity contribution in [3.8, 4) is 16.9 Å². The second-order valence-electron chi connectivity index (χ2n) is 9.01. The van der Waals surface area contributed by atoms with E-state index in [0.717, 1.165) is 5.56 Å². The zero-order chi connectivity index (χ0) is 25.3. The maximum absolute atomic E-state index is 15.0. The average Bonchev–Trinajstić information content (AvgIpc) is 2.84. The maximum atomic E-state index is 15.0. The van der Waals surface area contributed by atoms with E-state index >= 15 is 0 Å². The van der Waals surface area contributed by atoms with Gasteiger partial charge in [-0.3, -0.25) is 0 Å². The summed E-state index contributed by atoms with van der Waals surface area (Å²) in [7, 11) is 0. The van der Waals surface area contributed by atoms with Crippen LogP contribution in [0.5, 0.6) is 5.75 Å². The molecular weight excluding hydrogens is 463 g/mol. The Kier molecular flexibility index (Phi) is 7.45. The van der Waals surface area contributed by atoms with Crippen LogP contribution in [0.15, 0.2) is 42.5 Å². The van der Waals surface area contributed by atoms with E-state index in [4.69, 9.17) is 4.74 Å². The van der Waals surface area contributed by atoms with Gasteiger partial charge in [0, 0.05) is 16.7 Å².